The van der Waals surface area contributed by atoms with E-state index in [1.165, 1.54) is 12.1 Å². The van der Waals surface area contributed by atoms with Gasteiger partial charge in [0.25, 0.3) is 0 Å². The Morgan fingerprint density at radius 3 is 2.61 bits per heavy atom. The van der Waals surface area contributed by atoms with Crippen molar-refractivity contribution in [2.45, 2.75) is 25.0 Å². The highest BCUT2D eigenvalue weighted by atomic mass is 32.2. The molecule has 3 rings (SSSR count). The summed E-state index contributed by atoms with van der Waals surface area (Å²) >= 11 is 0. The maximum atomic E-state index is 14.2. The summed E-state index contributed by atoms with van der Waals surface area (Å²) < 4.78 is 53.2. The largest absolute Gasteiger partial charge is 0.337 e. The summed E-state index contributed by atoms with van der Waals surface area (Å²) in [6.07, 6.45) is 2.46. The van der Waals surface area contributed by atoms with Crippen LogP contribution in [0.5, 0.6) is 0 Å². The van der Waals surface area contributed by atoms with Crippen LogP contribution in [0.25, 0.3) is 22.0 Å². The molecule has 0 radical (unpaired) electrons. The van der Waals surface area contributed by atoms with Gasteiger partial charge in [-0.25, -0.2) is 17.2 Å². The van der Waals surface area contributed by atoms with Crippen LogP contribution in [0.2, 0.25) is 0 Å². The van der Waals surface area contributed by atoms with Gasteiger partial charge in [0.15, 0.2) is 9.84 Å². The van der Waals surface area contributed by atoms with Gasteiger partial charge in [0.05, 0.1) is 11.4 Å². The number of alkyl halides is 1. The van der Waals surface area contributed by atoms with Gasteiger partial charge >= 0.3 is 0 Å². The van der Waals surface area contributed by atoms with Crippen molar-refractivity contribution in [3.63, 3.8) is 0 Å². The van der Waals surface area contributed by atoms with Crippen LogP contribution in [0, 0.1) is 6.92 Å². The van der Waals surface area contributed by atoms with Gasteiger partial charge in [-0.05, 0) is 48.4 Å². The zero-order valence-electron chi connectivity index (χ0n) is 15.7. The first-order valence-electron chi connectivity index (χ1n) is 8.79. The normalized spacial score (nSPS) is 12.7. The highest BCUT2D eigenvalue weighted by Crippen LogP contribution is 2.36. The lowest BCUT2D eigenvalue weighted by atomic mass is 10.0. The Morgan fingerprint density at radius 2 is 1.96 bits per heavy atom. The Labute approximate surface area is 163 Å². The second kappa shape index (κ2) is 7.85. The lowest BCUT2D eigenvalue weighted by molar-refractivity contribution is 0.485. The van der Waals surface area contributed by atoms with Gasteiger partial charge in [0, 0.05) is 35.0 Å². The van der Waals surface area contributed by atoms with Crippen LogP contribution in [-0.2, 0) is 23.1 Å². The van der Waals surface area contributed by atoms with E-state index in [-0.39, 0.29) is 23.8 Å². The van der Waals surface area contributed by atoms with Crippen LogP contribution in [0.1, 0.15) is 11.3 Å². The van der Waals surface area contributed by atoms with E-state index in [4.69, 9.17) is 5.73 Å². The van der Waals surface area contributed by atoms with Crippen LogP contribution in [0.3, 0.4) is 0 Å². The molecule has 0 aliphatic heterocycles. The Morgan fingerprint density at radius 1 is 1.21 bits per heavy atom. The molecule has 0 saturated carbocycles. The van der Waals surface area contributed by atoms with Crippen molar-refractivity contribution >= 4 is 20.7 Å². The summed E-state index contributed by atoms with van der Waals surface area (Å²) in [5.74, 6) is -0.367. The molecule has 2 N–H and O–H groups in total. The number of nitrogens with two attached hydrogens (primary N) is 1. The SMILES string of the molecule is Cc1c(-c2cccc(S(C)(=O)=O)c2)c2cc(CF)ccc2n1C/C(F)=C/CN. The molecule has 0 fully saturated rings. The number of fused-ring (bicyclic) bond motifs is 1. The van der Waals surface area contributed by atoms with Crippen molar-refractivity contribution in [2.24, 2.45) is 5.73 Å². The summed E-state index contributed by atoms with van der Waals surface area (Å²) in [5.41, 5.74) is 8.85. The molecule has 0 aliphatic carbocycles. The van der Waals surface area contributed by atoms with E-state index in [1.54, 1.807) is 41.0 Å². The molecule has 0 spiro atoms. The fraction of sp³-hybridized carbons (Fsp3) is 0.238. The minimum atomic E-state index is -3.38. The molecule has 4 nitrogen and oxygen atoms in total. The van der Waals surface area contributed by atoms with E-state index in [1.807, 2.05) is 6.92 Å². The minimum Gasteiger partial charge on any atom is -0.337 e. The quantitative estimate of drug-likeness (QED) is 0.666. The number of hydrogen-bond donors (Lipinski definition) is 1. The maximum absolute atomic E-state index is 14.2. The topological polar surface area (TPSA) is 65.1 Å². The third-order valence-corrected chi connectivity index (χ3v) is 5.85. The van der Waals surface area contributed by atoms with E-state index in [2.05, 4.69) is 0 Å². The first-order chi connectivity index (χ1) is 13.3. The van der Waals surface area contributed by atoms with Gasteiger partial charge in [0.2, 0.25) is 0 Å². The van der Waals surface area contributed by atoms with Gasteiger partial charge < -0.3 is 10.3 Å². The lowest BCUT2D eigenvalue weighted by Gasteiger charge is -2.08. The van der Waals surface area contributed by atoms with Crippen LogP contribution in [0.15, 0.2) is 59.3 Å². The van der Waals surface area contributed by atoms with Gasteiger partial charge in [-0.3, -0.25) is 0 Å². The molecule has 3 aromatic rings. The first-order valence-corrected chi connectivity index (χ1v) is 10.7. The van der Waals surface area contributed by atoms with E-state index in [0.717, 1.165) is 28.4 Å². The Bertz CT molecular complexity index is 1160. The number of benzene rings is 2. The molecule has 7 heteroatoms. The number of halogens is 2. The number of nitrogens with zero attached hydrogens (tertiary/aromatic N) is 1. The summed E-state index contributed by atoms with van der Waals surface area (Å²) in [6, 6.07) is 11.7. The number of hydrogen-bond acceptors (Lipinski definition) is 3. The van der Waals surface area contributed by atoms with E-state index < -0.39 is 16.5 Å². The number of allylic oxidation sites excluding steroid dienone is 1. The molecular formula is C21H22F2N2O2S. The fourth-order valence-corrected chi connectivity index (χ4v) is 4.07. The predicted octanol–water partition coefficient (Wildman–Crippen LogP) is 4.30. The summed E-state index contributed by atoms with van der Waals surface area (Å²) in [7, 11) is -3.38. The van der Waals surface area contributed by atoms with Crippen LogP contribution >= 0.6 is 0 Å². The summed E-state index contributed by atoms with van der Waals surface area (Å²) in [4.78, 5) is 0.196. The molecule has 0 amide bonds. The smallest absolute Gasteiger partial charge is 0.175 e. The summed E-state index contributed by atoms with van der Waals surface area (Å²) in [6.45, 7) is 1.32. The maximum Gasteiger partial charge on any atom is 0.175 e. The lowest BCUT2D eigenvalue weighted by Crippen LogP contribution is -2.03. The van der Waals surface area contributed by atoms with Gasteiger partial charge in [-0.2, -0.15) is 0 Å². The molecule has 28 heavy (non-hydrogen) atoms. The average Bonchev–Trinajstić information content (AvgIpc) is 2.92. The van der Waals surface area contributed by atoms with Crippen molar-refractivity contribution in [3.8, 4) is 11.1 Å². The van der Waals surface area contributed by atoms with E-state index in [9.17, 15) is 17.2 Å². The van der Waals surface area contributed by atoms with Crippen molar-refractivity contribution in [3.05, 3.63) is 65.6 Å². The molecule has 0 atom stereocenters. The number of aromatic nitrogens is 1. The third kappa shape index (κ3) is 3.86. The molecular weight excluding hydrogens is 382 g/mol. The number of rotatable bonds is 6. The van der Waals surface area contributed by atoms with Crippen molar-refractivity contribution in [1.82, 2.24) is 4.57 Å². The van der Waals surface area contributed by atoms with Crippen LogP contribution < -0.4 is 5.73 Å². The zero-order chi connectivity index (χ0) is 20.5. The highest BCUT2D eigenvalue weighted by molar-refractivity contribution is 7.90. The second-order valence-electron chi connectivity index (χ2n) is 6.72. The summed E-state index contributed by atoms with van der Waals surface area (Å²) in [5, 5.41) is 0.749. The monoisotopic (exact) mass is 404 g/mol. The molecule has 1 heterocycles. The fourth-order valence-electron chi connectivity index (χ4n) is 3.41. The Hall–Kier alpha value is -2.51. The molecule has 1 aromatic heterocycles. The van der Waals surface area contributed by atoms with E-state index >= 15 is 0 Å². The Balaban J connectivity index is 2.30. The third-order valence-electron chi connectivity index (χ3n) is 4.74. The van der Waals surface area contributed by atoms with Gasteiger partial charge in [-0.15, -0.1) is 0 Å². The highest BCUT2D eigenvalue weighted by Gasteiger charge is 2.18. The molecule has 0 unspecified atom stereocenters. The van der Waals surface area contributed by atoms with Gasteiger partial charge in [-0.1, -0.05) is 18.2 Å². The first kappa shape index (κ1) is 20.2. The van der Waals surface area contributed by atoms with Crippen molar-refractivity contribution in [1.29, 1.82) is 0 Å². The second-order valence-corrected chi connectivity index (χ2v) is 8.73. The molecule has 0 saturated heterocycles. The molecule has 0 aliphatic rings. The average molecular weight is 404 g/mol. The van der Waals surface area contributed by atoms with Crippen LogP contribution in [0.4, 0.5) is 8.78 Å². The minimum absolute atomic E-state index is 0.000270. The zero-order valence-corrected chi connectivity index (χ0v) is 16.6. The van der Waals surface area contributed by atoms with Crippen molar-refractivity contribution < 1.29 is 17.2 Å². The standard InChI is InChI=1S/C21H22F2N2O2S/c1-14-21(16-4-3-5-18(11-16)28(2,26)27)19-10-15(12-22)6-7-20(19)25(14)13-17(23)8-9-24/h3-8,10-11H,9,12-13,24H2,1-2H3/b17-8-. The molecule has 148 valence electrons. The molecule has 2 aromatic carbocycles. The molecule has 0 bridgehead atoms. The Kier molecular flexibility index (Phi) is 5.67. The predicted molar refractivity (Wildman–Crippen MR) is 108 cm³/mol. The van der Waals surface area contributed by atoms with Crippen LogP contribution in [-0.4, -0.2) is 25.8 Å². The number of sulfone groups is 1. The van der Waals surface area contributed by atoms with E-state index in [0.29, 0.717) is 11.1 Å². The van der Waals surface area contributed by atoms with Gasteiger partial charge in [0.1, 0.15) is 12.5 Å². The van der Waals surface area contributed by atoms with Crippen molar-refractivity contribution in [2.75, 3.05) is 12.8 Å².